The summed E-state index contributed by atoms with van der Waals surface area (Å²) in [5.41, 5.74) is 0.721. The van der Waals surface area contributed by atoms with Gasteiger partial charge in [-0.1, -0.05) is 30.3 Å². The van der Waals surface area contributed by atoms with Gasteiger partial charge in [-0.2, -0.15) is 4.31 Å². The van der Waals surface area contributed by atoms with Crippen molar-refractivity contribution in [3.8, 4) is 0 Å². The largest absolute Gasteiger partial charge is 0.598 e. The normalized spacial score (nSPS) is 23.3. The summed E-state index contributed by atoms with van der Waals surface area (Å²) in [5, 5.41) is -0.710. The second-order valence-corrected chi connectivity index (χ2v) is 13.7. The molecule has 2 aromatic carbocycles. The van der Waals surface area contributed by atoms with Crippen LogP contribution in [-0.2, 0) is 27.9 Å². The van der Waals surface area contributed by atoms with Crippen molar-refractivity contribution >= 4 is 21.4 Å². The Morgan fingerprint density at radius 2 is 1.79 bits per heavy atom. The Morgan fingerprint density at radius 3 is 2.39 bits per heavy atom. The third-order valence-electron chi connectivity index (χ3n) is 5.99. The minimum atomic E-state index is -3.76. The second kappa shape index (κ2) is 10.00. The summed E-state index contributed by atoms with van der Waals surface area (Å²) in [5.74, 6) is -1.36. The van der Waals surface area contributed by atoms with Crippen LogP contribution in [0.4, 0.5) is 8.78 Å². The number of rotatable bonds is 6. The van der Waals surface area contributed by atoms with E-state index in [1.54, 1.807) is 58.9 Å². The van der Waals surface area contributed by atoms with E-state index in [4.69, 9.17) is 0 Å². The Morgan fingerprint density at radius 1 is 1.15 bits per heavy atom. The molecule has 182 valence electrons. The predicted molar refractivity (Wildman–Crippen MR) is 128 cm³/mol. The van der Waals surface area contributed by atoms with Crippen LogP contribution in [0.5, 0.6) is 0 Å². The minimum Gasteiger partial charge on any atom is -0.598 e. The van der Waals surface area contributed by atoms with E-state index in [0.717, 1.165) is 12.1 Å². The highest BCUT2D eigenvalue weighted by Gasteiger charge is 2.41. The van der Waals surface area contributed by atoms with Gasteiger partial charge in [0, 0.05) is 35.1 Å². The maximum Gasteiger partial charge on any atom is 0.221 e. The number of halogens is 2. The van der Waals surface area contributed by atoms with Gasteiger partial charge in [-0.3, -0.25) is 0 Å². The van der Waals surface area contributed by atoms with E-state index in [1.165, 1.54) is 4.31 Å². The predicted octanol–water partition coefficient (Wildman–Crippen LogP) is 5.13. The van der Waals surface area contributed by atoms with Crippen LogP contribution in [0.1, 0.15) is 75.4 Å². The number of sulfonamides is 1. The Balaban J connectivity index is 1.86. The molecule has 1 aliphatic heterocycles. The van der Waals surface area contributed by atoms with E-state index >= 15 is 4.39 Å². The van der Waals surface area contributed by atoms with Gasteiger partial charge in [0.1, 0.15) is 21.6 Å². The van der Waals surface area contributed by atoms with E-state index < -0.39 is 49.1 Å². The third-order valence-corrected chi connectivity index (χ3v) is 10.0. The molecule has 0 aromatic heterocycles. The minimum absolute atomic E-state index is 0.0236. The van der Waals surface area contributed by atoms with Gasteiger partial charge in [0.05, 0.1) is 6.04 Å². The molecular formula is C24H32F2N2O3S2. The van der Waals surface area contributed by atoms with Crippen LogP contribution in [0.15, 0.2) is 42.5 Å². The molecule has 33 heavy (non-hydrogen) atoms. The summed E-state index contributed by atoms with van der Waals surface area (Å²) in [7, 11) is -3.76. The SMILES string of the molecule is CC(N[S+]([O-])C(C)(C)C)c1cc(F)c(CN2[C@@H](C)CC[C@H](c3ccccc3)S2(=O)=O)cc1F. The monoisotopic (exact) mass is 498 g/mol. The maximum absolute atomic E-state index is 15.0. The van der Waals surface area contributed by atoms with Crippen LogP contribution in [0, 0.1) is 11.6 Å². The quantitative estimate of drug-likeness (QED) is 0.560. The van der Waals surface area contributed by atoms with Gasteiger partial charge in [-0.05, 0) is 65.2 Å². The molecule has 3 rings (SSSR count). The van der Waals surface area contributed by atoms with Crippen LogP contribution in [0.2, 0.25) is 0 Å². The molecule has 0 saturated carbocycles. The molecule has 0 bridgehead atoms. The molecule has 2 aromatic rings. The summed E-state index contributed by atoms with van der Waals surface area (Å²) in [6.07, 6.45) is 1.11. The molecule has 5 nitrogen and oxygen atoms in total. The fourth-order valence-corrected chi connectivity index (χ4v) is 6.97. The zero-order valence-electron chi connectivity index (χ0n) is 19.6. The van der Waals surface area contributed by atoms with Crippen molar-refractivity contribution in [1.82, 2.24) is 9.03 Å². The number of nitrogens with one attached hydrogen (secondary N) is 1. The third kappa shape index (κ3) is 5.77. The molecule has 0 amide bonds. The Labute approximate surface area is 198 Å². The van der Waals surface area contributed by atoms with Gasteiger partial charge in [0.15, 0.2) is 0 Å². The van der Waals surface area contributed by atoms with Crippen molar-refractivity contribution in [1.29, 1.82) is 0 Å². The lowest BCUT2D eigenvalue weighted by Crippen LogP contribution is -2.45. The molecule has 0 spiro atoms. The van der Waals surface area contributed by atoms with E-state index in [9.17, 15) is 17.4 Å². The molecule has 0 radical (unpaired) electrons. The second-order valence-electron chi connectivity index (χ2n) is 9.60. The summed E-state index contributed by atoms with van der Waals surface area (Å²) < 4.78 is 72.6. The molecule has 1 heterocycles. The van der Waals surface area contributed by atoms with Crippen LogP contribution in [0.3, 0.4) is 0 Å². The molecule has 4 atom stereocenters. The van der Waals surface area contributed by atoms with Gasteiger partial charge in [0.2, 0.25) is 10.0 Å². The van der Waals surface area contributed by atoms with Crippen molar-refractivity contribution < 1.29 is 21.8 Å². The molecule has 9 heteroatoms. The van der Waals surface area contributed by atoms with Crippen molar-refractivity contribution in [2.24, 2.45) is 0 Å². The smallest absolute Gasteiger partial charge is 0.221 e. The van der Waals surface area contributed by atoms with Gasteiger partial charge >= 0.3 is 0 Å². The van der Waals surface area contributed by atoms with Crippen LogP contribution >= 0.6 is 0 Å². The maximum atomic E-state index is 15.0. The first kappa shape index (κ1) is 26.1. The van der Waals surface area contributed by atoms with Gasteiger partial charge in [0.25, 0.3) is 0 Å². The molecule has 1 N–H and O–H groups in total. The van der Waals surface area contributed by atoms with E-state index in [-0.39, 0.29) is 23.7 Å². The number of benzene rings is 2. The van der Waals surface area contributed by atoms with Crippen LogP contribution in [0.25, 0.3) is 0 Å². The highest BCUT2D eigenvalue weighted by molar-refractivity contribution is 7.90. The average molecular weight is 499 g/mol. The fourth-order valence-electron chi connectivity index (χ4n) is 3.98. The number of hydrogen-bond acceptors (Lipinski definition) is 4. The molecule has 1 aliphatic rings. The van der Waals surface area contributed by atoms with Gasteiger partial charge in [-0.25, -0.2) is 17.2 Å². The fraction of sp³-hybridized carbons (Fsp3) is 0.500. The zero-order valence-corrected chi connectivity index (χ0v) is 21.3. The van der Waals surface area contributed by atoms with E-state index in [1.807, 2.05) is 6.07 Å². The Kier molecular flexibility index (Phi) is 7.90. The first-order valence-corrected chi connectivity index (χ1v) is 13.7. The Hall–Kier alpha value is -1.52. The first-order valence-electron chi connectivity index (χ1n) is 11.0. The average Bonchev–Trinajstić information content (AvgIpc) is 2.72. The molecular weight excluding hydrogens is 466 g/mol. The summed E-state index contributed by atoms with van der Waals surface area (Å²) in [6, 6.07) is 10.1. The topological polar surface area (TPSA) is 72.5 Å². The lowest BCUT2D eigenvalue weighted by Gasteiger charge is -2.37. The first-order chi connectivity index (χ1) is 15.3. The van der Waals surface area contributed by atoms with Crippen LogP contribution in [-0.4, -0.2) is 28.1 Å². The molecule has 0 aliphatic carbocycles. The summed E-state index contributed by atoms with van der Waals surface area (Å²) in [6.45, 7) is 8.51. The van der Waals surface area contributed by atoms with E-state index in [0.29, 0.717) is 18.4 Å². The zero-order chi connectivity index (χ0) is 24.6. The highest BCUT2D eigenvalue weighted by Crippen LogP contribution is 2.38. The summed E-state index contributed by atoms with van der Waals surface area (Å²) >= 11 is -1.46. The Bertz CT molecular complexity index is 1080. The lowest BCUT2D eigenvalue weighted by atomic mass is 10.0. The van der Waals surface area contributed by atoms with Gasteiger partial charge in [-0.15, -0.1) is 4.72 Å². The molecule has 1 fully saturated rings. The van der Waals surface area contributed by atoms with E-state index in [2.05, 4.69) is 4.72 Å². The molecule has 1 saturated heterocycles. The number of hydrogen-bond donors (Lipinski definition) is 1. The van der Waals surface area contributed by atoms with Crippen molar-refractivity contribution in [2.75, 3.05) is 0 Å². The van der Waals surface area contributed by atoms with Crippen molar-refractivity contribution in [3.63, 3.8) is 0 Å². The highest BCUT2D eigenvalue weighted by atomic mass is 32.2. The summed E-state index contributed by atoms with van der Waals surface area (Å²) in [4.78, 5) is 0. The van der Waals surface area contributed by atoms with Crippen molar-refractivity contribution in [3.05, 3.63) is 70.8 Å². The number of nitrogens with zero attached hydrogens (tertiary/aromatic N) is 1. The standard InChI is InChI=1S/C24H32F2N2O3S2/c1-16-11-12-23(18-9-7-6-8-10-18)33(30,31)28(16)15-19-13-22(26)20(14-21(19)25)17(2)27-32(29)24(3,4)5/h6-10,13-14,16-17,23,27H,11-12,15H2,1-5H3/t16-,17?,23+,32?/m0/s1. The van der Waals surface area contributed by atoms with Crippen LogP contribution < -0.4 is 4.72 Å². The molecule has 2 unspecified atom stereocenters. The lowest BCUT2D eigenvalue weighted by molar-refractivity contribution is 0.278. The van der Waals surface area contributed by atoms with Gasteiger partial charge < -0.3 is 4.55 Å². The van der Waals surface area contributed by atoms with Crippen molar-refractivity contribution in [2.45, 2.75) is 76.1 Å².